The molecule has 0 atom stereocenters. The zero-order valence-corrected chi connectivity index (χ0v) is 6.86. The van der Waals surface area contributed by atoms with Gasteiger partial charge < -0.3 is 0 Å². The van der Waals surface area contributed by atoms with Crippen LogP contribution in [-0.4, -0.2) is 0 Å². The van der Waals surface area contributed by atoms with Crippen molar-refractivity contribution in [1.29, 1.82) is 0 Å². The van der Waals surface area contributed by atoms with E-state index in [4.69, 9.17) is 0 Å². The Balaban J connectivity index is 3.21. The van der Waals surface area contributed by atoms with Crippen LogP contribution in [0.1, 0.15) is 11.1 Å². The second kappa shape index (κ2) is 2.93. The largest absolute Gasteiger partial charge is 0.143 e. The molecule has 0 spiro atoms. The summed E-state index contributed by atoms with van der Waals surface area (Å²) >= 11 is 4.25. The number of thiol groups is 1. The minimum Gasteiger partial charge on any atom is -0.143 e. The van der Waals surface area contributed by atoms with Crippen molar-refractivity contribution in [1.82, 2.24) is 0 Å². The van der Waals surface area contributed by atoms with Gasteiger partial charge in [0.1, 0.15) is 0 Å². The highest BCUT2D eigenvalue weighted by atomic mass is 32.1. The van der Waals surface area contributed by atoms with E-state index < -0.39 is 0 Å². The quantitative estimate of drug-likeness (QED) is 0.585. The summed E-state index contributed by atoms with van der Waals surface area (Å²) in [4.78, 5) is 0.987. The Labute approximate surface area is 67.0 Å². The van der Waals surface area contributed by atoms with Gasteiger partial charge in [-0.1, -0.05) is 30.4 Å². The van der Waals surface area contributed by atoms with Crippen LogP contribution < -0.4 is 0 Å². The predicted octanol–water partition coefficient (Wildman–Crippen LogP) is 2.93. The summed E-state index contributed by atoms with van der Waals surface area (Å²) in [6.45, 7) is 5.74. The molecule has 1 rings (SSSR count). The molecule has 0 N–H and O–H groups in total. The van der Waals surface area contributed by atoms with Crippen molar-refractivity contribution < 1.29 is 0 Å². The van der Waals surface area contributed by atoms with Crippen molar-refractivity contribution in [2.45, 2.75) is 11.8 Å². The molecule has 1 aromatic rings. The molecule has 0 saturated heterocycles. The highest BCUT2D eigenvalue weighted by Gasteiger charge is 1.92. The van der Waals surface area contributed by atoms with Gasteiger partial charge >= 0.3 is 0 Å². The molecule has 52 valence electrons. The van der Waals surface area contributed by atoms with Crippen LogP contribution in [0.4, 0.5) is 0 Å². The van der Waals surface area contributed by atoms with E-state index in [0.29, 0.717) is 0 Å². The summed E-state index contributed by atoms with van der Waals surface area (Å²) in [7, 11) is 0. The monoisotopic (exact) mass is 150 g/mol. The first-order valence-corrected chi connectivity index (χ1v) is 3.61. The Hall–Kier alpha value is -0.690. The highest BCUT2D eigenvalue weighted by Crippen LogP contribution is 2.15. The van der Waals surface area contributed by atoms with Gasteiger partial charge in [0.05, 0.1) is 0 Å². The maximum Gasteiger partial charge on any atom is 0.0112 e. The Morgan fingerprint density at radius 2 is 2.20 bits per heavy atom. The van der Waals surface area contributed by atoms with Gasteiger partial charge in [-0.05, 0) is 18.6 Å². The van der Waals surface area contributed by atoms with Gasteiger partial charge in [-0.25, -0.2) is 0 Å². The lowest BCUT2D eigenvalue weighted by atomic mass is 10.1. The van der Waals surface area contributed by atoms with Crippen molar-refractivity contribution in [3.05, 3.63) is 35.9 Å². The fraction of sp³-hybridized carbons (Fsp3) is 0.111. The second-order valence-electron chi connectivity index (χ2n) is 2.27. The number of aryl methyl sites for hydroxylation is 1. The van der Waals surface area contributed by atoms with Crippen molar-refractivity contribution in [3.63, 3.8) is 0 Å². The molecule has 0 saturated carbocycles. The maximum absolute atomic E-state index is 4.25. The molecule has 1 heteroatoms. The topological polar surface area (TPSA) is 0 Å². The summed E-state index contributed by atoms with van der Waals surface area (Å²) in [5.41, 5.74) is 2.34. The molecule has 0 amide bonds. The molecule has 0 heterocycles. The average Bonchev–Trinajstić information content (AvgIpc) is 1.94. The summed E-state index contributed by atoms with van der Waals surface area (Å²) in [6, 6.07) is 6.08. The number of rotatable bonds is 1. The van der Waals surface area contributed by atoms with E-state index in [2.05, 4.69) is 32.2 Å². The molecule has 1 aromatic carbocycles. The zero-order valence-electron chi connectivity index (χ0n) is 5.96. The number of benzene rings is 1. The molecular weight excluding hydrogens is 140 g/mol. The molecule has 0 radical (unpaired) electrons. The summed E-state index contributed by atoms with van der Waals surface area (Å²) in [5.74, 6) is 0. The molecule has 0 aromatic heterocycles. The fourth-order valence-corrected chi connectivity index (χ4v) is 1.07. The second-order valence-corrected chi connectivity index (χ2v) is 2.75. The minimum absolute atomic E-state index is 0.987. The van der Waals surface area contributed by atoms with Crippen molar-refractivity contribution in [2.24, 2.45) is 0 Å². The van der Waals surface area contributed by atoms with Crippen LogP contribution in [0, 0.1) is 6.92 Å². The van der Waals surface area contributed by atoms with E-state index >= 15 is 0 Å². The van der Waals surface area contributed by atoms with Gasteiger partial charge in [0.25, 0.3) is 0 Å². The van der Waals surface area contributed by atoms with Gasteiger partial charge in [0, 0.05) is 4.90 Å². The van der Waals surface area contributed by atoms with E-state index in [1.165, 1.54) is 5.56 Å². The van der Waals surface area contributed by atoms with Crippen LogP contribution in [0.3, 0.4) is 0 Å². The normalized spacial score (nSPS) is 9.40. The lowest BCUT2D eigenvalue weighted by Gasteiger charge is -1.98. The molecular formula is C9H10S. The first-order valence-electron chi connectivity index (χ1n) is 3.16. The molecule has 10 heavy (non-hydrogen) atoms. The third-order valence-electron chi connectivity index (χ3n) is 1.40. The smallest absolute Gasteiger partial charge is 0.0112 e. The third kappa shape index (κ3) is 1.42. The van der Waals surface area contributed by atoms with E-state index in [1.807, 2.05) is 18.2 Å². The van der Waals surface area contributed by atoms with Crippen LogP contribution in [0.2, 0.25) is 0 Å². The SMILES string of the molecule is C=Cc1cc(C)ccc1S. The highest BCUT2D eigenvalue weighted by molar-refractivity contribution is 7.80. The van der Waals surface area contributed by atoms with Gasteiger partial charge in [-0.2, -0.15) is 0 Å². The van der Waals surface area contributed by atoms with Gasteiger partial charge in [-0.3, -0.25) is 0 Å². The molecule has 0 aliphatic rings. The van der Waals surface area contributed by atoms with Gasteiger partial charge in [0.2, 0.25) is 0 Å². The standard InChI is InChI=1S/C9H10S/c1-3-8-6-7(2)4-5-9(8)10/h3-6,10H,1H2,2H3. The van der Waals surface area contributed by atoms with Crippen molar-refractivity contribution in [3.8, 4) is 0 Å². The Morgan fingerprint density at radius 3 is 2.70 bits per heavy atom. The molecule has 0 aliphatic heterocycles. The first kappa shape index (κ1) is 7.42. The van der Waals surface area contributed by atoms with E-state index in [0.717, 1.165) is 10.5 Å². The lowest BCUT2D eigenvalue weighted by Crippen LogP contribution is -1.77. The molecule has 0 aliphatic carbocycles. The van der Waals surface area contributed by atoms with Gasteiger partial charge in [0.15, 0.2) is 0 Å². The predicted molar refractivity (Wildman–Crippen MR) is 48.5 cm³/mol. The maximum atomic E-state index is 4.25. The minimum atomic E-state index is 0.987. The van der Waals surface area contributed by atoms with E-state index in [-0.39, 0.29) is 0 Å². The molecule has 0 nitrogen and oxygen atoms in total. The van der Waals surface area contributed by atoms with Crippen LogP contribution >= 0.6 is 12.6 Å². The third-order valence-corrected chi connectivity index (χ3v) is 1.81. The van der Waals surface area contributed by atoms with Crippen LogP contribution in [0.25, 0.3) is 6.08 Å². The average molecular weight is 150 g/mol. The lowest BCUT2D eigenvalue weighted by molar-refractivity contribution is 1.36. The Morgan fingerprint density at radius 1 is 1.50 bits per heavy atom. The van der Waals surface area contributed by atoms with E-state index in [9.17, 15) is 0 Å². The zero-order chi connectivity index (χ0) is 7.56. The van der Waals surface area contributed by atoms with Crippen molar-refractivity contribution in [2.75, 3.05) is 0 Å². The van der Waals surface area contributed by atoms with Crippen LogP contribution in [0.15, 0.2) is 29.7 Å². The summed E-state index contributed by atoms with van der Waals surface area (Å²) < 4.78 is 0. The number of hydrogen-bond acceptors (Lipinski definition) is 1. The molecule has 0 unspecified atom stereocenters. The van der Waals surface area contributed by atoms with E-state index in [1.54, 1.807) is 0 Å². The van der Waals surface area contributed by atoms with Gasteiger partial charge in [-0.15, -0.1) is 12.6 Å². The summed E-state index contributed by atoms with van der Waals surface area (Å²) in [5, 5.41) is 0. The Kier molecular flexibility index (Phi) is 2.17. The molecule has 0 fully saturated rings. The van der Waals surface area contributed by atoms with Crippen molar-refractivity contribution >= 4 is 18.7 Å². The Bertz CT molecular complexity index is 251. The fourth-order valence-electron chi connectivity index (χ4n) is 0.837. The number of hydrogen-bond donors (Lipinski definition) is 1. The first-order chi connectivity index (χ1) is 4.74. The molecule has 0 bridgehead atoms. The van der Waals surface area contributed by atoms with Crippen LogP contribution in [0.5, 0.6) is 0 Å². The summed E-state index contributed by atoms with van der Waals surface area (Å²) in [6.07, 6.45) is 1.81. The van der Waals surface area contributed by atoms with Crippen LogP contribution in [-0.2, 0) is 0 Å².